The number of nitrogens with zero attached hydrogens (tertiary/aromatic N) is 2. The number of hydroxylamine groups is 2. The number of carbonyl (C=O) groups excluding carboxylic acids is 2. The van der Waals surface area contributed by atoms with Crippen molar-refractivity contribution in [2.24, 2.45) is 0 Å². The minimum Gasteiger partial charge on any atom is -0.478 e. The van der Waals surface area contributed by atoms with Gasteiger partial charge in [-0.05, 0) is 42.2 Å². The van der Waals surface area contributed by atoms with Gasteiger partial charge in [-0.1, -0.05) is 19.1 Å². The molecule has 168 valence electrons. The summed E-state index contributed by atoms with van der Waals surface area (Å²) >= 11 is 0. The maximum atomic E-state index is 15.0. The molecule has 0 saturated carbocycles. The number of anilines is 1. The van der Waals surface area contributed by atoms with Gasteiger partial charge < -0.3 is 15.4 Å². The van der Waals surface area contributed by atoms with Gasteiger partial charge in [0, 0.05) is 25.4 Å². The van der Waals surface area contributed by atoms with Gasteiger partial charge in [0.15, 0.2) is 11.9 Å². The normalized spacial score (nSPS) is 18.3. The highest BCUT2D eigenvalue weighted by Gasteiger charge is 2.29. The lowest BCUT2D eigenvalue weighted by molar-refractivity contribution is -0.151. The molecule has 0 bridgehead atoms. The van der Waals surface area contributed by atoms with E-state index in [1.54, 1.807) is 30.4 Å². The third-order valence-electron chi connectivity index (χ3n) is 5.55. The topological polar surface area (TPSA) is 92.8 Å². The lowest BCUT2D eigenvalue weighted by Crippen LogP contribution is -2.37. The fourth-order valence-corrected chi connectivity index (χ4v) is 3.71. The third kappa shape index (κ3) is 4.21. The minimum atomic E-state index is -0.606. The predicted molar refractivity (Wildman–Crippen MR) is 116 cm³/mol. The Morgan fingerprint density at radius 2 is 2.22 bits per heavy atom. The molecule has 9 heteroatoms. The van der Waals surface area contributed by atoms with Gasteiger partial charge in [0.05, 0.1) is 13.2 Å². The summed E-state index contributed by atoms with van der Waals surface area (Å²) in [5.74, 6) is -0.756. The van der Waals surface area contributed by atoms with Crippen LogP contribution < -0.4 is 15.4 Å². The van der Waals surface area contributed by atoms with E-state index in [0.717, 1.165) is 16.7 Å². The van der Waals surface area contributed by atoms with Crippen LogP contribution in [0.25, 0.3) is 5.57 Å². The van der Waals surface area contributed by atoms with E-state index in [1.165, 1.54) is 0 Å². The summed E-state index contributed by atoms with van der Waals surface area (Å²) in [6.45, 7) is 4.63. The van der Waals surface area contributed by atoms with Crippen LogP contribution in [0, 0.1) is 12.7 Å². The van der Waals surface area contributed by atoms with Crippen molar-refractivity contribution in [3.8, 4) is 5.75 Å². The number of halogens is 1. The number of fused-ring (bicyclic) bond motifs is 1. The first-order chi connectivity index (χ1) is 15.4. The molecule has 1 atom stereocenters. The largest absolute Gasteiger partial charge is 0.478 e. The molecule has 1 aromatic heterocycles. The summed E-state index contributed by atoms with van der Waals surface area (Å²) in [7, 11) is 1.57. The highest BCUT2D eigenvalue weighted by molar-refractivity contribution is 5.98. The number of aryl methyl sites for hydroxylation is 1. The maximum absolute atomic E-state index is 15.0. The molecule has 3 heterocycles. The second-order valence-corrected chi connectivity index (χ2v) is 7.71. The summed E-state index contributed by atoms with van der Waals surface area (Å²) in [5.41, 5.74) is 3.45. The Labute approximate surface area is 185 Å². The van der Waals surface area contributed by atoms with Crippen molar-refractivity contribution in [3.05, 3.63) is 58.7 Å². The van der Waals surface area contributed by atoms with E-state index in [1.807, 2.05) is 26.0 Å². The number of nitrogens with one attached hydrogen (secondary N) is 2. The first-order valence-corrected chi connectivity index (χ1v) is 10.5. The number of amides is 2. The number of aromatic nitrogens is 1. The molecule has 0 saturated heterocycles. The van der Waals surface area contributed by atoms with Crippen LogP contribution in [0.1, 0.15) is 40.5 Å². The van der Waals surface area contributed by atoms with E-state index >= 15 is 0 Å². The van der Waals surface area contributed by atoms with Gasteiger partial charge in [-0.15, -0.1) is 0 Å². The Bertz CT molecular complexity index is 1100. The molecule has 0 aliphatic carbocycles. The predicted octanol–water partition coefficient (Wildman–Crippen LogP) is 2.83. The number of rotatable bonds is 5. The summed E-state index contributed by atoms with van der Waals surface area (Å²) in [5, 5.41) is 6.83. The zero-order valence-corrected chi connectivity index (χ0v) is 18.2. The highest BCUT2D eigenvalue weighted by Crippen LogP contribution is 2.35. The molecule has 2 aliphatic heterocycles. The molecule has 0 fully saturated rings. The summed E-state index contributed by atoms with van der Waals surface area (Å²) in [6.07, 6.45) is 3.55. The monoisotopic (exact) mass is 440 g/mol. The van der Waals surface area contributed by atoms with E-state index in [0.29, 0.717) is 36.6 Å². The Hall–Kier alpha value is -3.30. The number of carbonyl (C=O) groups is 2. The lowest BCUT2D eigenvalue weighted by atomic mass is 10.0. The smallest absolute Gasteiger partial charge is 0.269 e. The van der Waals surface area contributed by atoms with Gasteiger partial charge >= 0.3 is 0 Å². The molecule has 0 radical (unpaired) electrons. The summed E-state index contributed by atoms with van der Waals surface area (Å²) in [4.78, 5) is 33.9. The van der Waals surface area contributed by atoms with Crippen LogP contribution in [0.4, 0.5) is 10.1 Å². The Morgan fingerprint density at radius 3 is 2.88 bits per heavy atom. The first kappa shape index (κ1) is 21.9. The van der Waals surface area contributed by atoms with Gasteiger partial charge in [-0.25, -0.2) is 4.39 Å². The number of hydrogen-bond acceptors (Lipinski definition) is 6. The van der Waals surface area contributed by atoms with Crippen molar-refractivity contribution < 1.29 is 23.6 Å². The number of hydrogen-bond donors (Lipinski definition) is 2. The highest BCUT2D eigenvalue weighted by atomic mass is 19.1. The van der Waals surface area contributed by atoms with E-state index in [-0.39, 0.29) is 24.0 Å². The van der Waals surface area contributed by atoms with Crippen LogP contribution in [0.2, 0.25) is 0 Å². The number of benzene rings is 1. The molecule has 8 nitrogen and oxygen atoms in total. The summed E-state index contributed by atoms with van der Waals surface area (Å²) < 4.78 is 20.6. The average molecular weight is 440 g/mol. The van der Waals surface area contributed by atoms with Gasteiger partial charge in [-0.2, -0.15) is 5.06 Å². The molecular weight excluding hydrogens is 415 g/mol. The van der Waals surface area contributed by atoms with Crippen LogP contribution in [-0.4, -0.2) is 48.2 Å². The fraction of sp³-hybridized carbons (Fsp3) is 0.348. The average Bonchev–Trinajstić information content (AvgIpc) is 2.81. The molecule has 32 heavy (non-hydrogen) atoms. The van der Waals surface area contributed by atoms with E-state index in [4.69, 9.17) is 9.57 Å². The molecule has 1 aromatic carbocycles. The fourth-order valence-electron chi connectivity index (χ4n) is 3.71. The number of pyridine rings is 1. The lowest BCUT2D eigenvalue weighted by Gasteiger charge is -2.28. The second kappa shape index (κ2) is 9.05. The Morgan fingerprint density at radius 1 is 1.41 bits per heavy atom. The zero-order chi connectivity index (χ0) is 22.8. The van der Waals surface area contributed by atoms with Crippen molar-refractivity contribution in [3.63, 3.8) is 0 Å². The van der Waals surface area contributed by atoms with Crippen molar-refractivity contribution >= 4 is 23.1 Å². The Balaban J connectivity index is 1.45. The van der Waals surface area contributed by atoms with Gasteiger partial charge in [0.25, 0.3) is 11.8 Å². The quantitative estimate of drug-likeness (QED) is 0.743. The van der Waals surface area contributed by atoms with Crippen LogP contribution in [-0.2, 0) is 16.2 Å². The molecule has 2 aliphatic rings. The molecule has 2 amide bonds. The SMILES string of the molecule is CCC1Oc2ccc(CN3CC=C(c4cnc(C(=O)NC)c(C)c4)CO3)c(F)c2NC1=O. The molecule has 0 spiro atoms. The number of ether oxygens (including phenoxy) is 1. The van der Waals surface area contributed by atoms with Crippen LogP contribution >= 0.6 is 0 Å². The van der Waals surface area contributed by atoms with Crippen molar-refractivity contribution in [1.29, 1.82) is 0 Å². The van der Waals surface area contributed by atoms with Gasteiger partial charge in [-0.3, -0.25) is 19.4 Å². The van der Waals surface area contributed by atoms with Crippen molar-refractivity contribution in [2.75, 3.05) is 25.5 Å². The van der Waals surface area contributed by atoms with E-state index in [2.05, 4.69) is 15.6 Å². The standard InChI is InChI=1S/C23H25FN4O4/c1-4-17-22(29)27-21-18(32-17)6-5-14(19(21)24)11-28-8-7-15(12-31-28)16-9-13(2)20(26-10-16)23(30)25-3/h5-7,9-10,17H,4,8,11-12H2,1-3H3,(H,25,30)(H,27,29). The van der Waals surface area contributed by atoms with E-state index < -0.39 is 11.9 Å². The Kier molecular flexibility index (Phi) is 6.20. The molecule has 1 unspecified atom stereocenters. The van der Waals surface area contributed by atoms with Crippen LogP contribution in [0.5, 0.6) is 5.75 Å². The summed E-state index contributed by atoms with van der Waals surface area (Å²) in [6, 6.07) is 5.22. The van der Waals surface area contributed by atoms with E-state index in [9.17, 15) is 14.0 Å². The maximum Gasteiger partial charge on any atom is 0.269 e. The molecule has 2 N–H and O–H groups in total. The van der Waals surface area contributed by atoms with Crippen molar-refractivity contribution in [2.45, 2.75) is 32.9 Å². The van der Waals surface area contributed by atoms with Gasteiger partial charge in [0.2, 0.25) is 0 Å². The zero-order valence-electron chi connectivity index (χ0n) is 18.2. The van der Waals surface area contributed by atoms with Crippen LogP contribution in [0.3, 0.4) is 0 Å². The first-order valence-electron chi connectivity index (χ1n) is 10.5. The van der Waals surface area contributed by atoms with Crippen molar-refractivity contribution in [1.82, 2.24) is 15.4 Å². The molecular formula is C23H25FN4O4. The third-order valence-corrected chi connectivity index (χ3v) is 5.55. The minimum absolute atomic E-state index is 0.0724. The van der Waals surface area contributed by atoms with Crippen LogP contribution in [0.15, 0.2) is 30.5 Å². The second-order valence-electron chi connectivity index (χ2n) is 7.71. The molecule has 2 aromatic rings. The molecule has 4 rings (SSSR count). The van der Waals surface area contributed by atoms with Gasteiger partial charge in [0.1, 0.15) is 17.1 Å².